The Bertz CT molecular complexity index is 1410. The van der Waals surface area contributed by atoms with Gasteiger partial charge in [-0.15, -0.1) is 0 Å². The number of anilines is 1. The number of carbonyl (C=O) groups is 3. The molecule has 1 saturated heterocycles. The van der Waals surface area contributed by atoms with Crippen molar-refractivity contribution in [2.24, 2.45) is 11.8 Å². The van der Waals surface area contributed by atoms with Crippen molar-refractivity contribution in [3.05, 3.63) is 119 Å². The van der Waals surface area contributed by atoms with Gasteiger partial charge in [-0.05, 0) is 46.5 Å². The third-order valence-electron chi connectivity index (χ3n) is 7.48. The highest BCUT2D eigenvalue weighted by Gasteiger charge is 2.62. The standard InChI is InChI=1S/C29H19NO5/c31-27-25-23-16-8-1-2-9-17(16)24(19-11-4-3-10-18(19)23)26(25)28(32)30(27)20-12-5-6-13-21(20)35-29(33)22-14-7-15-34-22/h1-15,23-26H. The maximum absolute atomic E-state index is 14.0. The monoisotopic (exact) mass is 461 g/mol. The van der Waals surface area contributed by atoms with Crippen LogP contribution < -0.4 is 9.64 Å². The van der Waals surface area contributed by atoms with E-state index in [0.29, 0.717) is 0 Å². The molecule has 2 amide bonds. The minimum atomic E-state index is -0.696. The lowest BCUT2D eigenvalue weighted by atomic mass is 9.55. The first-order valence-electron chi connectivity index (χ1n) is 11.6. The van der Waals surface area contributed by atoms with Crippen molar-refractivity contribution >= 4 is 23.5 Å². The van der Waals surface area contributed by atoms with Crippen molar-refractivity contribution in [1.29, 1.82) is 0 Å². The predicted molar refractivity (Wildman–Crippen MR) is 126 cm³/mol. The molecule has 6 heteroatoms. The summed E-state index contributed by atoms with van der Waals surface area (Å²) < 4.78 is 10.7. The summed E-state index contributed by atoms with van der Waals surface area (Å²) in [6.45, 7) is 0. The lowest BCUT2D eigenvalue weighted by Gasteiger charge is -2.45. The zero-order chi connectivity index (χ0) is 23.7. The molecular weight excluding hydrogens is 442 g/mol. The molecule has 4 aliphatic rings. The van der Waals surface area contributed by atoms with E-state index in [0.717, 1.165) is 22.3 Å². The van der Waals surface area contributed by atoms with E-state index in [4.69, 9.17) is 9.15 Å². The summed E-state index contributed by atoms with van der Waals surface area (Å²) in [5, 5.41) is 0. The summed E-state index contributed by atoms with van der Waals surface area (Å²) in [7, 11) is 0. The summed E-state index contributed by atoms with van der Waals surface area (Å²) in [6, 6.07) is 25.9. The van der Waals surface area contributed by atoms with Gasteiger partial charge < -0.3 is 9.15 Å². The fraction of sp³-hybridized carbons (Fsp3) is 0.138. The maximum Gasteiger partial charge on any atom is 0.379 e. The van der Waals surface area contributed by atoms with E-state index in [1.165, 1.54) is 17.2 Å². The van der Waals surface area contributed by atoms with Crippen molar-refractivity contribution in [2.45, 2.75) is 11.8 Å². The molecule has 0 N–H and O–H groups in total. The molecule has 170 valence electrons. The van der Waals surface area contributed by atoms with E-state index >= 15 is 0 Å². The summed E-state index contributed by atoms with van der Waals surface area (Å²) >= 11 is 0. The van der Waals surface area contributed by atoms with Crippen LogP contribution in [-0.4, -0.2) is 17.8 Å². The third kappa shape index (κ3) is 2.68. The van der Waals surface area contributed by atoms with Crippen LogP contribution in [0.15, 0.2) is 95.6 Å². The lowest BCUT2D eigenvalue weighted by molar-refractivity contribution is -0.122. The largest absolute Gasteiger partial charge is 0.457 e. The van der Waals surface area contributed by atoms with Crippen molar-refractivity contribution in [1.82, 2.24) is 0 Å². The van der Waals surface area contributed by atoms with E-state index in [-0.39, 0.29) is 40.8 Å². The van der Waals surface area contributed by atoms with Crippen LogP contribution in [0.5, 0.6) is 5.75 Å². The summed E-state index contributed by atoms with van der Waals surface area (Å²) in [5.41, 5.74) is 4.70. The highest BCUT2D eigenvalue weighted by molar-refractivity contribution is 6.24. The Labute approximate surface area is 200 Å². The van der Waals surface area contributed by atoms with Gasteiger partial charge in [0.15, 0.2) is 5.75 Å². The molecule has 3 aliphatic carbocycles. The quantitative estimate of drug-likeness (QED) is 0.247. The van der Waals surface area contributed by atoms with Crippen molar-refractivity contribution in [2.75, 3.05) is 4.90 Å². The number of rotatable bonds is 3. The number of para-hydroxylation sites is 2. The molecule has 0 radical (unpaired) electrons. The van der Waals surface area contributed by atoms with Gasteiger partial charge in [-0.3, -0.25) is 9.59 Å². The highest BCUT2D eigenvalue weighted by Crippen LogP contribution is 2.61. The maximum atomic E-state index is 14.0. The Hall–Kier alpha value is -4.45. The fourth-order valence-corrected chi connectivity index (χ4v) is 6.19. The molecule has 2 heterocycles. The van der Waals surface area contributed by atoms with Crippen LogP contribution in [0.4, 0.5) is 5.69 Å². The number of carbonyl (C=O) groups excluding carboxylic acids is 3. The highest BCUT2D eigenvalue weighted by atomic mass is 16.5. The Balaban J connectivity index is 1.34. The molecule has 0 saturated carbocycles. The van der Waals surface area contributed by atoms with Crippen LogP contribution in [0.1, 0.15) is 44.6 Å². The minimum absolute atomic E-state index is 0.0384. The number of ether oxygens (including phenoxy) is 1. The van der Waals surface area contributed by atoms with Gasteiger partial charge in [-0.1, -0.05) is 60.7 Å². The molecule has 0 spiro atoms. The second-order valence-corrected chi connectivity index (χ2v) is 9.11. The van der Waals surface area contributed by atoms with E-state index in [9.17, 15) is 14.4 Å². The summed E-state index contributed by atoms with van der Waals surface area (Å²) in [6.07, 6.45) is 1.38. The number of imide groups is 1. The third-order valence-corrected chi connectivity index (χ3v) is 7.48. The van der Waals surface area contributed by atoms with Crippen molar-refractivity contribution in [3.8, 4) is 5.75 Å². The van der Waals surface area contributed by atoms with Gasteiger partial charge >= 0.3 is 5.97 Å². The minimum Gasteiger partial charge on any atom is -0.457 e. The predicted octanol–water partition coefficient (Wildman–Crippen LogP) is 4.90. The molecule has 8 rings (SSSR count). The van der Waals surface area contributed by atoms with Gasteiger partial charge in [0.25, 0.3) is 0 Å². The zero-order valence-electron chi connectivity index (χ0n) is 18.5. The summed E-state index contributed by atoms with van der Waals surface area (Å²) in [5.74, 6) is -2.46. The van der Waals surface area contributed by atoms with Crippen LogP contribution in [0.2, 0.25) is 0 Å². The molecule has 1 aromatic heterocycles. The zero-order valence-corrected chi connectivity index (χ0v) is 18.5. The van der Waals surface area contributed by atoms with E-state index in [2.05, 4.69) is 24.3 Å². The molecule has 3 aromatic carbocycles. The van der Waals surface area contributed by atoms with Crippen LogP contribution in [0, 0.1) is 11.8 Å². The number of nitrogens with zero attached hydrogens (tertiary/aromatic N) is 1. The number of amides is 2. The first-order chi connectivity index (χ1) is 17.1. The SMILES string of the molecule is O=C(Oc1ccccc1N1C(=O)C2C3c4ccccc4C(c4ccccc43)C2C1=O)c1ccco1. The first kappa shape index (κ1) is 20.0. The van der Waals surface area contributed by atoms with Crippen LogP contribution in [-0.2, 0) is 9.59 Å². The molecule has 4 aromatic rings. The molecule has 1 aliphatic heterocycles. The Morgan fingerprint density at radius 1 is 0.686 bits per heavy atom. The van der Waals surface area contributed by atoms with E-state index < -0.39 is 17.8 Å². The smallest absolute Gasteiger partial charge is 0.379 e. The number of hydrogen-bond acceptors (Lipinski definition) is 5. The Kier molecular flexibility index (Phi) is 4.15. The molecule has 35 heavy (non-hydrogen) atoms. The Morgan fingerprint density at radius 3 is 1.71 bits per heavy atom. The number of esters is 1. The molecule has 6 nitrogen and oxygen atoms in total. The average Bonchev–Trinajstić information content (AvgIpc) is 3.52. The van der Waals surface area contributed by atoms with Crippen LogP contribution >= 0.6 is 0 Å². The topological polar surface area (TPSA) is 76.8 Å². The number of furan rings is 1. The van der Waals surface area contributed by atoms with Crippen LogP contribution in [0.25, 0.3) is 0 Å². The van der Waals surface area contributed by atoms with E-state index in [1.807, 2.05) is 24.3 Å². The second kappa shape index (κ2) is 7.27. The normalized spacial score (nSPS) is 23.6. The first-order valence-corrected chi connectivity index (χ1v) is 11.6. The number of benzene rings is 3. The lowest BCUT2D eigenvalue weighted by Crippen LogP contribution is -2.41. The number of hydrogen-bond donors (Lipinski definition) is 0. The summed E-state index contributed by atoms with van der Waals surface area (Å²) in [4.78, 5) is 41.7. The van der Waals surface area contributed by atoms with Gasteiger partial charge in [0.05, 0.1) is 23.8 Å². The Morgan fingerprint density at radius 2 is 1.20 bits per heavy atom. The average molecular weight is 461 g/mol. The van der Waals surface area contributed by atoms with Gasteiger partial charge in [-0.25, -0.2) is 9.69 Å². The molecular formula is C29H19NO5. The molecule has 2 atom stereocenters. The van der Waals surface area contributed by atoms with Crippen molar-refractivity contribution in [3.63, 3.8) is 0 Å². The van der Waals surface area contributed by atoms with Crippen LogP contribution in [0.3, 0.4) is 0 Å². The molecule has 2 bridgehead atoms. The molecule has 1 fully saturated rings. The van der Waals surface area contributed by atoms with Gasteiger partial charge in [0.1, 0.15) is 0 Å². The van der Waals surface area contributed by atoms with Gasteiger partial charge in [0.2, 0.25) is 17.6 Å². The van der Waals surface area contributed by atoms with Gasteiger partial charge in [0, 0.05) is 11.8 Å². The molecule has 2 unspecified atom stereocenters. The van der Waals surface area contributed by atoms with Gasteiger partial charge in [-0.2, -0.15) is 0 Å². The second-order valence-electron chi connectivity index (χ2n) is 9.11. The van der Waals surface area contributed by atoms with E-state index in [1.54, 1.807) is 30.3 Å². The van der Waals surface area contributed by atoms with Crippen molar-refractivity contribution < 1.29 is 23.5 Å². The fourth-order valence-electron chi connectivity index (χ4n) is 6.19.